The number of rotatable bonds is 8. The van der Waals surface area contributed by atoms with Gasteiger partial charge >= 0.3 is 5.97 Å². The van der Waals surface area contributed by atoms with E-state index in [-0.39, 0.29) is 24.0 Å². The third-order valence-electron chi connectivity index (χ3n) is 4.99. The predicted octanol–water partition coefficient (Wildman–Crippen LogP) is 4.69. The van der Waals surface area contributed by atoms with Gasteiger partial charge in [0.25, 0.3) is 5.56 Å². The molecule has 10 heteroatoms. The summed E-state index contributed by atoms with van der Waals surface area (Å²) in [6.07, 6.45) is 1.26. The number of halogens is 1. The second kappa shape index (κ2) is 11.1. The fourth-order valence-electron chi connectivity index (χ4n) is 3.41. The molecule has 192 valence electrons. The lowest BCUT2D eigenvalue weighted by atomic mass is 9.95. The van der Waals surface area contributed by atoms with Crippen LogP contribution in [0.2, 0.25) is 0 Å². The van der Waals surface area contributed by atoms with Crippen molar-refractivity contribution in [3.63, 3.8) is 0 Å². The van der Waals surface area contributed by atoms with Gasteiger partial charge in [0.1, 0.15) is 5.82 Å². The van der Waals surface area contributed by atoms with Gasteiger partial charge in [0.2, 0.25) is 5.75 Å². The highest BCUT2D eigenvalue weighted by Gasteiger charge is 2.23. The molecule has 0 saturated carbocycles. The summed E-state index contributed by atoms with van der Waals surface area (Å²) >= 11 is 3.41. The number of aromatic nitrogens is 2. The summed E-state index contributed by atoms with van der Waals surface area (Å²) in [5.41, 5.74) is 0.447. The van der Waals surface area contributed by atoms with E-state index in [1.165, 1.54) is 25.1 Å². The van der Waals surface area contributed by atoms with Crippen LogP contribution in [0, 0.1) is 0 Å². The zero-order valence-electron chi connectivity index (χ0n) is 21.4. The van der Waals surface area contributed by atoms with Crippen LogP contribution in [0.3, 0.4) is 0 Å². The second-order valence-corrected chi connectivity index (χ2v) is 10.2. The number of carbonyl (C=O) groups excluding carboxylic acids is 1. The minimum Gasteiger partial charge on any atom is -0.493 e. The zero-order valence-corrected chi connectivity index (χ0v) is 23.0. The molecule has 0 aliphatic heterocycles. The Morgan fingerprint density at radius 3 is 2.33 bits per heavy atom. The standard InChI is InChI=1S/C26H30BrN3O6/c1-15(2)36-22(31)14-35-23-20(33-6)10-16(11-21(23)34-7)13-28-30-24(32)18-12-17(27)8-9-19(18)29-25(30)26(3,4)5/h8-13,15H,14H2,1-7H3. The van der Waals surface area contributed by atoms with Gasteiger partial charge < -0.3 is 18.9 Å². The molecular formula is C26H30BrN3O6. The van der Waals surface area contributed by atoms with E-state index >= 15 is 0 Å². The van der Waals surface area contributed by atoms with Crippen molar-refractivity contribution in [3.8, 4) is 17.2 Å². The van der Waals surface area contributed by atoms with E-state index in [4.69, 9.17) is 23.9 Å². The molecule has 0 unspecified atom stereocenters. The van der Waals surface area contributed by atoms with Gasteiger partial charge in [0.15, 0.2) is 18.1 Å². The molecule has 0 spiro atoms. The van der Waals surface area contributed by atoms with E-state index in [2.05, 4.69) is 21.0 Å². The van der Waals surface area contributed by atoms with Crippen LogP contribution in [-0.2, 0) is 14.9 Å². The van der Waals surface area contributed by atoms with Crippen LogP contribution in [0.1, 0.15) is 46.0 Å². The van der Waals surface area contributed by atoms with E-state index in [0.717, 1.165) is 4.47 Å². The summed E-state index contributed by atoms with van der Waals surface area (Å²) in [4.78, 5) is 30.0. The Balaban J connectivity index is 2.05. The summed E-state index contributed by atoms with van der Waals surface area (Å²) < 4.78 is 23.7. The van der Waals surface area contributed by atoms with Gasteiger partial charge in [0.05, 0.1) is 37.4 Å². The topological polar surface area (TPSA) is 101 Å². The van der Waals surface area contributed by atoms with Crippen molar-refractivity contribution in [3.05, 3.63) is 56.5 Å². The minimum absolute atomic E-state index is 0.252. The molecule has 0 bridgehead atoms. The fourth-order valence-corrected chi connectivity index (χ4v) is 3.77. The molecule has 3 rings (SSSR count). The van der Waals surface area contributed by atoms with Gasteiger partial charge in [-0.25, -0.2) is 9.78 Å². The van der Waals surface area contributed by atoms with Crippen molar-refractivity contribution < 1.29 is 23.7 Å². The zero-order chi connectivity index (χ0) is 26.6. The fraction of sp³-hybridized carbons (Fsp3) is 0.385. The molecule has 0 saturated heterocycles. The van der Waals surface area contributed by atoms with Crippen molar-refractivity contribution in [1.82, 2.24) is 9.66 Å². The summed E-state index contributed by atoms with van der Waals surface area (Å²) in [5, 5.41) is 4.93. The Kier molecular flexibility index (Phi) is 8.39. The molecule has 1 heterocycles. The third kappa shape index (κ3) is 6.23. The molecule has 3 aromatic rings. The average molecular weight is 560 g/mol. The molecule has 36 heavy (non-hydrogen) atoms. The Morgan fingerprint density at radius 1 is 1.14 bits per heavy atom. The number of carbonyl (C=O) groups is 1. The Labute approximate surface area is 218 Å². The second-order valence-electron chi connectivity index (χ2n) is 9.29. The van der Waals surface area contributed by atoms with Gasteiger partial charge in [0, 0.05) is 15.5 Å². The van der Waals surface area contributed by atoms with Crippen molar-refractivity contribution >= 4 is 39.0 Å². The predicted molar refractivity (Wildman–Crippen MR) is 142 cm³/mol. The highest BCUT2D eigenvalue weighted by atomic mass is 79.9. The molecular weight excluding hydrogens is 530 g/mol. The smallest absolute Gasteiger partial charge is 0.344 e. The van der Waals surface area contributed by atoms with Crippen LogP contribution >= 0.6 is 15.9 Å². The number of hydrogen-bond acceptors (Lipinski definition) is 8. The monoisotopic (exact) mass is 559 g/mol. The number of ether oxygens (including phenoxy) is 4. The van der Waals surface area contributed by atoms with E-state index < -0.39 is 11.4 Å². The van der Waals surface area contributed by atoms with Gasteiger partial charge in [-0.2, -0.15) is 9.78 Å². The van der Waals surface area contributed by atoms with E-state index in [1.54, 1.807) is 38.1 Å². The Bertz CT molecular complexity index is 1330. The van der Waals surface area contributed by atoms with Gasteiger partial charge in [-0.15, -0.1) is 0 Å². The van der Waals surface area contributed by atoms with Crippen LogP contribution < -0.4 is 19.8 Å². The van der Waals surface area contributed by atoms with E-state index in [9.17, 15) is 9.59 Å². The molecule has 0 N–H and O–H groups in total. The molecule has 0 radical (unpaired) electrons. The van der Waals surface area contributed by atoms with Crippen molar-refractivity contribution in [1.29, 1.82) is 0 Å². The minimum atomic E-state index is -0.510. The maximum atomic E-state index is 13.4. The molecule has 0 fully saturated rings. The van der Waals surface area contributed by atoms with Crippen molar-refractivity contribution in [2.75, 3.05) is 20.8 Å². The van der Waals surface area contributed by atoms with Gasteiger partial charge in [-0.3, -0.25) is 4.79 Å². The summed E-state index contributed by atoms with van der Waals surface area (Å²) in [6.45, 7) is 9.11. The highest BCUT2D eigenvalue weighted by Crippen LogP contribution is 2.38. The lowest BCUT2D eigenvalue weighted by Gasteiger charge is -2.21. The molecule has 1 aromatic heterocycles. The molecule has 2 aromatic carbocycles. The van der Waals surface area contributed by atoms with Gasteiger partial charge in [-0.05, 0) is 44.2 Å². The summed E-state index contributed by atoms with van der Waals surface area (Å²) in [6, 6.07) is 8.71. The number of esters is 1. The van der Waals surface area contributed by atoms with Crippen LogP contribution in [0.4, 0.5) is 0 Å². The normalized spacial score (nSPS) is 11.8. The number of hydrogen-bond donors (Lipinski definition) is 0. The first-order valence-corrected chi connectivity index (χ1v) is 12.1. The van der Waals surface area contributed by atoms with Crippen molar-refractivity contribution in [2.45, 2.75) is 46.1 Å². The maximum Gasteiger partial charge on any atom is 0.344 e. The van der Waals surface area contributed by atoms with Gasteiger partial charge in [-0.1, -0.05) is 36.7 Å². The van der Waals surface area contributed by atoms with E-state index in [0.29, 0.717) is 33.8 Å². The average Bonchev–Trinajstić information content (AvgIpc) is 2.80. The van der Waals surface area contributed by atoms with Crippen molar-refractivity contribution in [2.24, 2.45) is 5.10 Å². The molecule has 0 atom stereocenters. The number of fused-ring (bicyclic) bond motifs is 1. The lowest BCUT2D eigenvalue weighted by Crippen LogP contribution is -2.29. The Morgan fingerprint density at radius 2 is 1.78 bits per heavy atom. The van der Waals surface area contributed by atoms with Crippen LogP contribution in [-0.4, -0.2) is 48.8 Å². The molecule has 9 nitrogen and oxygen atoms in total. The highest BCUT2D eigenvalue weighted by molar-refractivity contribution is 9.10. The van der Waals surface area contributed by atoms with E-state index in [1.807, 2.05) is 26.8 Å². The summed E-state index contributed by atoms with van der Waals surface area (Å²) in [7, 11) is 2.95. The quantitative estimate of drug-likeness (QED) is 0.291. The third-order valence-corrected chi connectivity index (χ3v) is 5.48. The maximum absolute atomic E-state index is 13.4. The SMILES string of the molecule is COc1cc(C=Nn2c(C(C)(C)C)nc3ccc(Br)cc3c2=O)cc(OC)c1OCC(=O)OC(C)C. The first-order chi connectivity index (χ1) is 16.9. The Hall–Kier alpha value is -3.40. The molecule has 0 amide bonds. The number of benzene rings is 2. The number of methoxy groups -OCH3 is 2. The van der Waals surface area contributed by atoms with Crippen LogP contribution in [0.25, 0.3) is 10.9 Å². The first-order valence-electron chi connectivity index (χ1n) is 11.3. The largest absolute Gasteiger partial charge is 0.493 e. The first kappa shape index (κ1) is 27.2. The van der Waals surface area contributed by atoms with Crippen LogP contribution in [0.5, 0.6) is 17.2 Å². The molecule has 0 aliphatic rings. The number of nitrogens with zero attached hydrogens (tertiary/aromatic N) is 3. The lowest BCUT2D eigenvalue weighted by molar-refractivity contribution is -0.149. The molecule has 0 aliphatic carbocycles. The van der Waals surface area contributed by atoms with Crippen LogP contribution in [0.15, 0.2) is 44.7 Å². The summed E-state index contributed by atoms with van der Waals surface area (Å²) in [5.74, 6) is 0.919.